The van der Waals surface area contributed by atoms with Crippen molar-refractivity contribution in [3.8, 4) is 11.3 Å². The number of benzene rings is 2. The van der Waals surface area contributed by atoms with Gasteiger partial charge in [-0.15, -0.1) is 0 Å². The second kappa shape index (κ2) is 7.90. The predicted octanol–water partition coefficient (Wildman–Crippen LogP) is 5.34. The molecule has 0 bridgehead atoms. The van der Waals surface area contributed by atoms with E-state index in [1.807, 2.05) is 56.4 Å². The molecule has 2 heterocycles. The molecule has 0 saturated heterocycles. The van der Waals surface area contributed by atoms with Gasteiger partial charge in [-0.25, -0.2) is 4.98 Å². The van der Waals surface area contributed by atoms with E-state index in [4.69, 9.17) is 0 Å². The van der Waals surface area contributed by atoms with Crippen molar-refractivity contribution < 1.29 is 3.89 Å². The van der Waals surface area contributed by atoms with Gasteiger partial charge >= 0.3 is 0 Å². The Labute approximate surface area is 167 Å². The van der Waals surface area contributed by atoms with Gasteiger partial charge in [0.1, 0.15) is 10.7 Å². The first-order valence-corrected chi connectivity index (χ1v) is 9.65. The van der Waals surface area contributed by atoms with Gasteiger partial charge in [-0.2, -0.15) is 13.5 Å². The summed E-state index contributed by atoms with van der Waals surface area (Å²) in [7, 11) is 1.90. The molecule has 0 aliphatic heterocycles. The van der Waals surface area contributed by atoms with Crippen LogP contribution < -0.4 is 10.6 Å². The standard InChI is InChI=1S/C21H20FN5S/c1-14-6-3-4-9-17(14)18-11-20(27-21(26-18)19(28-22)13-25-27)24-12-15-7-5-8-16(10-15)23-2/h3-11,13,23-24H,12H2,1-2H3. The van der Waals surface area contributed by atoms with E-state index in [2.05, 4.69) is 32.8 Å². The zero-order valence-corrected chi connectivity index (χ0v) is 16.4. The van der Waals surface area contributed by atoms with E-state index in [9.17, 15) is 3.89 Å². The highest BCUT2D eigenvalue weighted by Crippen LogP contribution is 2.30. The number of aromatic nitrogens is 3. The molecule has 7 heteroatoms. The van der Waals surface area contributed by atoms with Crippen molar-refractivity contribution in [3.05, 3.63) is 71.9 Å². The number of nitrogens with one attached hydrogen (secondary N) is 2. The number of rotatable bonds is 6. The molecular formula is C21H20FN5S. The summed E-state index contributed by atoms with van der Waals surface area (Å²) in [4.78, 5) is 5.07. The molecule has 0 radical (unpaired) electrons. The highest BCUT2D eigenvalue weighted by Gasteiger charge is 2.14. The summed E-state index contributed by atoms with van der Waals surface area (Å²) in [5.74, 6) is 0.762. The first kappa shape index (κ1) is 18.3. The van der Waals surface area contributed by atoms with Crippen molar-refractivity contribution in [1.29, 1.82) is 0 Å². The Bertz CT molecular complexity index is 1120. The van der Waals surface area contributed by atoms with Crippen molar-refractivity contribution in [1.82, 2.24) is 14.6 Å². The number of aryl methyl sites for hydroxylation is 1. The fraction of sp³-hybridized carbons (Fsp3) is 0.143. The molecule has 28 heavy (non-hydrogen) atoms. The molecule has 4 rings (SSSR count). The summed E-state index contributed by atoms with van der Waals surface area (Å²) in [5.41, 5.74) is 5.59. The van der Waals surface area contributed by atoms with Gasteiger partial charge in [0.15, 0.2) is 5.65 Å². The molecule has 4 aromatic rings. The third-order valence-electron chi connectivity index (χ3n) is 4.63. The lowest BCUT2D eigenvalue weighted by Gasteiger charge is -2.13. The Morgan fingerprint density at radius 2 is 1.96 bits per heavy atom. The van der Waals surface area contributed by atoms with Crippen LogP contribution in [0, 0.1) is 6.92 Å². The van der Waals surface area contributed by atoms with Crippen LogP contribution in [0.25, 0.3) is 16.9 Å². The average Bonchev–Trinajstić information content (AvgIpc) is 3.15. The fourth-order valence-electron chi connectivity index (χ4n) is 3.15. The van der Waals surface area contributed by atoms with Crippen LogP contribution in [0.1, 0.15) is 11.1 Å². The van der Waals surface area contributed by atoms with Crippen LogP contribution >= 0.6 is 12.1 Å². The highest BCUT2D eigenvalue weighted by atomic mass is 32.2. The molecule has 0 saturated carbocycles. The lowest BCUT2D eigenvalue weighted by Crippen LogP contribution is -2.07. The van der Waals surface area contributed by atoms with Crippen molar-refractivity contribution in [2.24, 2.45) is 0 Å². The lowest BCUT2D eigenvalue weighted by molar-refractivity contribution is 0.926. The van der Waals surface area contributed by atoms with Crippen molar-refractivity contribution in [2.45, 2.75) is 18.4 Å². The zero-order chi connectivity index (χ0) is 19.5. The van der Waals surface area contributed by atoms with Crippen LogP contribution in [-0.2, 0) is 6.54 Å². The van der Waals surface area contributed by atoms with Crippen LogP contribution in [0.3, 0.4) is 0 Å². The van der Waals surface area contributed by atoms with Gasteiger partial charge in [0.05, 0.1) is 24.0 Å². The Hall–Kier alpha value is -3.06. The van der Waals surface area contributed by atoms with Crippen LogP contribution in [-0.4, -0.2) is 21.6 Å². The van der Waals surface area contributed by atoms with Crippen molar-refractivity contribution in [3.63, 3.8) is 0 Å². The molecule has 2 aromatic heterocycles. The van der Waals surface area contributed by atoms with Gasteiger partial charge in [0.25, 0.3) is 0 Å². The largest absolute Gasteiger partial charge is 0.388 e. The highest BCUT2D eigenvalue weighted by molar-refractivity contribution is 7.94. The van der Waals surface area contributed by atoms with Gasteiger partial charge < -0.3 is 10.6 Å². The average molecular weight is 393 g/mol. The summed E-state index contributed by atoms with van der Waals surface area (Å²) in [5, 5.41) is 10.9. The maximum Gasteiger partial charge on any atom is 0.174 e. The molecule has 0 spiro atoms. The second-order valence-electron chi connectivity index (χ2n) is 6.47. The number of hydrogen-bond donors (Lipinski definition) is 2. The van der Waals surface area contributed by atoms with E-state index in [1.54, 1.807) is 4.52 Å². The normalized spacial score (nSPS) is 11.0. The zero-order valence-electron chi connectivity index (χ0n) is 15.6. The van der Waals surface area contributed by atoms with E-state index in [0.717, 1.165) is 33.9 Å². The molecule has 2 aromatic carbocycles. The summed E-state index contributed by atoms with van der Waals surface area (Å²) in [6.07, 6.45) is 1.50. The van der Waals surface area contributed by atoms with Crippen LogP contribution in [0.5, 0.6) is 0 Å². The molecule has 0 amide bonds. The third-order valence-corrected chi connectivity index (χ3v) is 5.09. The van der Waals surface area contributed by atoms with Crippen molar-refractivity contribution in [2.75, 3.05) is 17.7 Å². The minimum absolute atomic E-state index is 0.159. The maximum atomic E-state index is 13.4. The monoisotopic (exact) mass is 393 g/mol. The summed E-state index contributed by atoms with van der Waals surface area (Å²) < 4.78 is 15.0. The van der Waals surface area contributed by atoms with E-state index >= 15 is 0 Å². The quantitative estimate of drug-likeness (QED) is 0.463. The Balaban J connectivity index is 1.76. The first-order valence-electron chi connectivity index (χ1n) is 8.93. The predicted molar refractivity (Wildman–Crippen MR) is 113 cm³/mol. The minimum atomic E-state index is 0.159. The van der Waals surface area contributed by atoms with E-state index < -0.39 is 0 Å². The van der Waals surface area contributed by atoms with Gasteiger partial charge in [0.2, 0.25) is 0 Å². The molecule has 0 aliphatic carbocycles. The number of hydrogen-bond acceptors (Lipinski definition) is 5. The molecule has 0 fully saturated rings. The molecule has 2 N–H and O–H groups in total. The van der Waals surface area contributed by atoms with E-state index in [1.165, 1.54) is 6.20 Å². The van der Waals surface area contributed by atoms with Gasteiger partial charge in [0, 0.05) is 30.9 Å². The third kappa shape index (κ3) is 3.53. The van der Waals surface area contributed by atoms with Crippen molar-refractivity contribution >= 4 is 29.3 Å². The molecular weight excluding hydrogens is 373 g/mol. The second-order valence-corrected chi connectivity index (χ2v) is 7.06. The minimum Gasteiger partial charge on any atom is -0.388 e. The van der Waals surface area contributed by atoms with E-state index in [0.29, 0.717) is 17.1 Å². The van der Waals surface area contributed by atoms with Gasteiger partial charge in [-0.3, -0.25) is 0 Å². The lowest BCUT2D eigenvalue weighted by atomic mass is 10.1. The number of nitrogens with zero attached hydrogens (tertiary/aromatic N) is 3. The molecule has 5 nitrogen and oxygen atoms in total. The van der Waals surface area contributed by atoms with Crippen LogP contribution in [0.2, 0.25) is 0 Å². The Morgan fingerprint density at radius 3 is 2.75 bits per heavy atom. The summed E-state index contributed by atoms with van der Waals surface area (Å²) >= 11 is 0.159. The molecule has 0 atom stereocenters. The Kier molecular flexibility index (Phi) is 5.16. The smallest absolute Gasteiger partial charge is 0.174 e. The molecule has 0 unspecified atom stereocenters. The number of halogens is 1. The summed E-state index contributed by atoms with van der Waals surface area (Å²) in [6.45, 7) is 2.65. The van der Waals surface area contributed by atoms with Crippen LogP contribution in [0.15, 0.2) is 65.7 Å². The van der Waals surface area contributed by atoms with Gasteiger partial charge in [-0.05, 0) is 30.2 Å². The van der Waals surface area contributed by atoms with Crippen LogP contribution in [0.4, 0.5) is 15.4 Å². The fourth-order valence-corrected chi connectivity index (χ4v) is 3.44. The van der Waals surface area contributed by atoms with Gasteiger partial charge in [-0.1, -0.05) is 36.4 Å². The Morgan fingerprint density at radius 1 is 1.11 bits per heavy atom. The number of anilines is 2. The van der Waals surface area contributed by atoms with E-state index in [-0.39, 0.29) is 12.1 Å². The summed E-state index contributed by atoms with van der Waals surface area (Å²) in [6, 6.07) is 18.2. The maximum absolute atomic E-state index is 13.4. The molecule has 0 aliphatic rings. The number of fused-ring (bicyclic) bond motifs is 1. The topological polar surface area (TPSA) is 54.2 Å². The first-order chi connectivity index (χ1) is 13.7. The molecule has 142 valence electrons. The SMILES string of the molecule is CNc1cccc(CNc2cc(-c3ccccc3C)nc3c(SF)cnn23)c1.